The molecule has 0 saturated heterocycles. The minimum Gasteiger partial charge on any atom is -0.370 e. The van der Waals surface area contributed by atoms with E-state index in [9.17, 15) is 0 Å². The molecule has 0 aromatic carbocycles. The van der Waals surface area contributed by atoms with E-state index in [4.69, 9.17) is 15.0 Å². The summed E-state index contributed by atoms with van der Waals surface area (Å²) < 4.78 is 11.2. The number of nitrogens with zero attached hydrogens (tertiary/aromatic N) is 2. The van der Waals surface area contributed by atoms with Crippen molar-refractivity contribution in [1.29, 1.82) is 0 Å². The van der Waals surface area contributed by atoms with Gasteiger partial charge < -0.3 is 15.0 Å². The van der Waals surface area contributed by atoms with Crippen molar-refractivity contribution in [3.8, 4) is 0 Å². The third-order valence-electron chi connectivity index (χ3n) is 4.72. The van der Waals surface area contributed by atoms with E-state index < -0.39 is 0 Å². The highest BCUT2D eigenvalue weighted by molar-refractivity contribution is 5.04. The second kappa shape index (κ2) is 6.68. The van der Waals surface area contributed by atoms with Crippen LogP contribution in [0.25, 0.3) is 0 Å². The molecule has 2 N–H and O–H groups in total. The number of nitrogens with two attached hydrogens (primary N) is 1. The molecular formula is C15H27N3O2. The van der Waals surface area contributed by atoms with Gasteiger partial charge in [-0.3, -0.25) is 0 Å². The first kappa shape index (κ1) is 15.4. The van der Waals surface area contributed by atoms with Crippen LogP contribution in [0.4, 0.5) is 0 Å². The Balaban J connectivity index is 2.10. The molecule has 0 amide bonds. The van der Waals surface area contributed by atoms with Crippen molar-refractivity contribution in [2.75, 3.05) is 13.7 Å². The molecule has 1 atom stereocenters. The average molecular weight is 281 g/mol. The van der Waals surface area contributed by atoms with Gasteiger partial charge >= 0.3 is 0 Å². The highest BCUT2D eigenvalue weighted by atomic mass is 16.5. The van der Waals surface area contributed by atoms with E-state index in [0.717, 1.165) is 44.4 Å². The second-order valence-electron chi connectivity index (χ2n) is 6.11. The van der Waals surface area contributed by atoms with Crippen LogP contribution in [0.1, 0.15) is 57.7 Å². The zero-order valence-electron chi connectivity index (χ0n) is 12.9. The lowest BCUT2D eigenvalue weighted by molar-refractivity contribution is -0.0609. The maximum atomic E-state index is 5.77. The summed E-state index contributed by atoms with van der Waals surface area (Å²) in [7, 11) is 1.75. The van der Waals surface area contributed by atoms with Gasteiger partial charge in [-0.2, -0.15) is 4.98 Å². The normalized spacial score (nSPS) is 28.5. The molecule has 20 heavy (non-hydrogen) atoms. The quantitative estimate of drug-likeness (QED) is 0.867. The molecule has 1 heterocycles. The van der Waals surface area contributed by atoms with Crippen LogP contribution in [0.3, 0.4) is 0 Å². The van der Waals surface area contributed by atoms with Crippen LogP contribution >= 0.6 is 0 Å². The molecule has 0 radical (unpaired) electrons. The first-order valence-electron chi connectivity index (χ1n) is 7.71. The Hall–Kier alpha value is -0.940. The van der Waals surface area contributed by atoms with Gasteiger partial charge in [0.25, 0.3) is 0 Å². The lowest BCUT2D eigenvalue weighted by Crippen LogP contribution is -2.34. The highest BCUT2D eigenvalue weighted by Gasteiger charge is 2.40. The molecule has 1 aliphatic carbocycles. The van der Waals surface area contributed by atoms with Crippen LogP contribution in [0.2, 0.25) is 0 Å². The molecule has 1 aromatic heterocycles. The minimum atomic E-state index is -0.349. The van der Waals surface area contributed by atoms with Crippen LogP contribution in [0.15, 0.2) is 4.52 Å². The van der Waals surface area contributed by atoms with E-state index in [-0.39, 0.29) is 5.60 Å². The smallest absolute Gasteiger partial charge is 0.227 e. The Morgan fingerprint density at radius 3 is 2.70 bits per heavy atom. The van der Waals surface area contributed by atoms with Crippen LogP contribution < -0.4 is 5.73 Å². The Bertz CT molecular complexity index is 407. The van der Waals surface area contributed by atoms with Gasteiger partial charge in [0.2, 0.25) is 11.7 Å². The van der Waals surface area contributed by atoms with Gasteiger partial charge in [-0.1, -0.05) is 25.4 Å². The molecular weight excluding hydrogens is 254 g/mol. The molecule has 0 spiro atoms. The number of ether oxygens (including phenoxy) is 1. The molecule has 1 aliphatic rings. The molecule has 1 aromatic rings. The maximum Gasteiger partial charge on any atom is 0.227 e. The Morgan fingerprint density at radius 2 is 2.15 bits per heavy atom. The summed E-state index contributed by atoms with van der Waals surface area (Å²) in [6.45, 7) is 5.07. The van der Waals surface area contributed by atoms with Crippen molar-refractivity contribution in [3.63, 3.8) is 0 Å². The number of hydrogen-bond acceptors (Lipinski definition) is 5. The Labute approximate surface area is 121 Å². The average Bonchev–Trinajstić information content (AvgIpc) is 2.95. The molecule has 5 heteroatoms. The summed E-state index contributed by atoms with van der Waals surface area (Å²) in [6.07, 6.45) is 6.03. The largest absolute Gasteiger partial charge is 0.370 e. The molecule has 0 aliphatic heterocycles. The van der Waals surface area contributed by atoms with Crippen LogP contribution in [0, 0.1) is 11.8 Å². The molecule has 1 saturated carbocycles. The molecule has 1 unspecified atom stereocenters. The second-order valence-corrected chi connectivity index (χ2v) is 6.11. The molecule has 0 bridgehead atoms. The van der Waals surface area contributed by atoms with E-state index >= 15 is 0 Å². The molecule has 114 valence electrons. The predicted octanol–water partition coefficient (Wildman–Crippen LogP) is 2.65. The lowest BCUT2D eigenvalue weighted by atomic mass is 9.79. The molecule has 2 rings (SSSR count). The fourth-order valence-electron chi connectivity index (χ4n) is 2.91. The summed E-state index contributed by atoms with van der Waals surface area (Å²) in [5, 5.41) is 4.18. The van der Waals surface area contributed by atoms with Crippen molar-refractivity contribution in [3.05, 3.63) is 11.7 Å². The van der Waals surface area contributed by atoms with Gasteiger partial charge in [0, 0.05) is 13.5 Å². The number of rotatable bonds is 6. The van der Waals surface area contributed by atoms with Gasteiger partial charge in [0.1, 0.15) is 5.60 Å². The number of methoxy groups -OCH3 is 1. The Kier molecular flexibility index (Phi) is 5.16. The van der Waals surface area contributed by atoms with Crippen molar-refractivity contribution in [2.45, 2.75) is 58.0 Å². The van der Waals surface area contributed by atoms with E-state index in [2.05, 4.69) is 24.0 Å². The van der Waals surface area contributed by atoms with Crippen LogP contribution in [0.5, 0.6) is 0 Å². The zero-order chi connectivity index (χ0) is 14.6. The topological polar surface area (TPSA) is 74.2 Å². The van der Waals surface area contributed by atoms with Gasteiger partial charge in [0.15, 0.2) is 0 Å². The maximum absolute atomic E-state index is 5.77. The van der Waals surface area contributed by atoms with Gasteiger partial charge in [0.05, 0.1) is 0 Å². The number of hydrogen-bond donors (Lipinski definition) is 1. The van der Waals surface area contributed by atoms with E-state index in [1.807, 2.05) is 0 Å². The zero-order valence-corrected chi connectivity index (χ0v) is 12.9. The van der Waals surface area contributed by atoms with Crippen molar-refractivity contribution >= 4 is 0 Å². The van der Waals surface area contributed by atoms with Gasteiger partial charge in [-0.05, 0) is 44.1 Å². The van der Waals surface area contributed by atoms with Crippen LogP contribution in [-0.4, -0.2) is 23.8 Å². The summed E-state index contributed by atoms with van der Waals surface area (Å²) in [5.74, 6) is 2.57. The van der Waals surface area contributed by atoms with Crippen molar-refractivity contribution in [1.82, 2.24) is 10.1 Å². The fourth-order valence-corrected chi connectivity index (χ4v) is 2.91. The summed E-state index contributed by atoms with van der Waals surface area (Å²) in [4.78, 5) is 4.58. The van der Waals surface area contributed by atoms with Gasteiger partial charge in [-0.25, -0.2) is 0 Å². The standard InChI is InChI=1S/C15H27N3O2/c1-4-12(10-16)9-13-17-14(18-20-13)15(19-3)7-5-11(2)6-8-15/h11-12H,4-10,16H2,1-3H3. The minimum absolute atomic E-state index is 0.349. The van der Waals surface area contributed by atoms with E-state index in [0.29, 0.717) is 24.2 Å². The van der Waals surface area contributed by atoms with Crippen LogP contribution in [-0.2, 0) is 16.8 Å². The summed E-state index contributed by atoms with van der Waals surface area (Å²) in [5.41, 5.74) is 5.39. The first-order chi connectivity index (χ1) is 9.63. The highest BCUT2D eigenvalue weighted by Crippen LogP contribution is 2.40. The van der Waals surface area contributed by atoms with Crippen molar-refractivity contribution < 1.29 is 9.26 Å². The van der Waals surface area contributed by atoms with Gasteiger partial charge in [-0.15, -0.1) is 0 Å². The molecule has 1 fully saturated rings. The summed E-state index contributed by atoms with van der Waals surface area (Å²) in [6, 6.07) is 0. The monoisotopic (exact) mass is 281 g/mol. The summed E-state index contributed by atoms with van der Waals surface area (Å²) >= 11 is 0. The fraction of sp³-hybridized carbons (Fsp3) is 0.867. The van der Waals surface area contributed by atoms with E-state index in [1.54, 1.807) is 7.11 Å². The Morgan fingerprint density at radius 1 is 1.45 bits per heavy atom. The first-order valence-corrected chi connectivity index (χ1v) is 7.71. The van der Waals surface area contributed by atoms with E-state index in [1.165, 1.54) is 0 Å². The lowest BCUT2D eigenvalue weighted by Gasteiger charge is -2.35. The SMILES string of the molecule is CCC(CN)Cc1nc(C2(OC)CCC(C)CC2)no1. The molecule has 5 nitrogen and oxygen atoms in total. The third kappa shape index (κ3) is 3.20. The predicted molar refractivity (Wildman–Crippen MR) is 77.2 cm³/mol. The number of aromatic nitrogens is 2. The third-order valence-corrected chi connectivity index (χ3v) is 4.72. The van der Waals surface area contributed by atoms with Crippen molar-refractivity contribution in [2.24, 2.45) is 17.6 Å².